The van der Waals surface area contributed by atoms with Crippen LogP contribution in [0.25, 0.3) is 5.69 Å². The molecule has 0 saturated carbocycles. The summed E-state index contributed by atoms with van der Waals surface area (Å²) in [5.74, 6) is -1.28. The van der Waals surface area contributed by atoms with Crippen molar-refractivity contribution < 1.29 is 9.59 Å². The topological polar surface area (TPSA) is 93.1 Å². The molecule has 2 aromatic carbocycles. The summed E-state index contributed by atoms with van der Waals surface area (Å²) in [6.07, 6.45) is 0. The minimum atomic E-state index is -0.788. The first-order valence-corrected chi connectivity index (χ1v) is 7.88. The Morgan fingerprint density at radius 3 is 2.12 bits per heavy atom. The lowest BCUT2D eigenvalue weighted by atomic mass is 10.2. The first-order chi connectivity index (χ1) is 12.6. The summed E-state index contributed by atoms with van der Waals surface area (Å²) in [4.78, 5) is 36.4. The molecule has 7 nitrogen and oxygen atoms in total. The summed E-state index contributed by atoms with van der Waals surface area (Å²) in [5, 5.41) is 4.13. The fraction of sp³-hybridized carbons (Fsp3) is 0.0526. The Kier molecular flexibility index (Phi) is 4.89. The molecule has 0 aliphatic rings. The Morgan fingerprint density at radius 1 is 0.885 bits per heavy atom. The van der Waals surface area contributed by atoms with Crippen molar-refractivity contribution in [2.24, 2.45) is 0 Å². The summed E-state index contributed by atoms with van der Waals surface area (Å²) in [6.45, 7) is 1.72. The average molecular weight is 348 g/mol. The van der Waals surface area contributed by atoms with Crippen LogP contribution in [-0.2, 0) is 0 Å². The van der Waals surface area contributed by atoms with E-state index in [9.17, 15) is 14.4 Å². The smallest absolute Gasteiger partial charge is 0.287 e. The van der Waals surface area contributed by atoms with Crippen LogP contribution in [0.3, 0.4) is 0 Å². The molecule has 0 aliphatic carbocycles. The molecule has 0 aliphatic heterocycles. The normalized spacial score (nSPS) is 10.2. The van der Waals surface area contributed by atoms with E-state index in [1.165, 1.54) is 10.7 Å². The summed E-state index contributed by atoms with van der Waals surface area (Å²) in [6, 6.07) is 18.9. The maximum atomic E-state index is 12.3. The van der Waals surface area contributed by atoms with Crippen LogP contribution in [0.2, 0.25) is 0 Å². The van der Waals surface area contributed by atoms with Gasteiger partial charge in [0.25, 0.3) is 11.8 Å². The Morgan fingerprint density at radius 2 is 1.46 bits per heavy atom. The number of rotatable bonds is 3. The first kappa shape index (κ1) is 17.1. The molecule has 0 saturated heterocycles. The van der Waals surface area contributed by atoms with Crippen LogP contribution in [0.4, 0.5) is 0 Å². The lowest BCUT2D eigenvalue weighted by Gasteiger charge is -2.11. The van der Waals surface area contributed by atoms with E-state index in [-0.39, 0.29) is 5.69 Å². The second kappa shape index (κ2) is 7.43. The van der Waals surface area contributed by atoms with Crippen molar-refractivity contribution in [3.8, 4) is 5.69 Å². The average Bonchev–Trinajstić information content (AvgIpc) is 2.67. The van der Waals surface area contributed by atoms with Gasteiger partial charge in [0.15, 0.2) is 5.69 Å². The summed E-state index contributed by atoms with van der Waals surface area (Å²) in [7, 11) is 0. The summed E-state index contributed by atoms with van der Waals surface area (Å²) < 4.78 is 1.50. The van der Waals surface area contributed by atoms with Gasteiger partial charge in [-0.15, -0.1) is 0 Å². The Labute approximate surface area is 149 Å². The molecule has 0 atom stereocenters. The van der Waals surface area contributed by atoms with Gasteiger partial charge >= 0.3 is 0 Å². The molecule has 3 rings (SSSR count). The number of hydrazine groups is 1. The number of carbonyl (C=O) groups is 2. The van der Waals surface area contributed by atoms with E-state index in [0.29, 0.717) is 16.9 Å². The Hall–Kier alpha value is -3.74. The standard InChI is InChI=1S/C19H16N4O3/c1-13-12-16(24)17(22-23(13)15-10-6-3-7-11-15)19(26)21-20-18(25)14-8-4-2-5-9-14/h2-12H,1H3,(H,20,25)(H,21,26). The number of para-hydroxylation sites is 1. The molecule has 2 N–H and O–H groups in total. The van der Waals surface area contributed by atoms with E-state index < -0.39 is 17.2 Å². The summed E-state index contributed by atoms with van der Waals surface area (Å²) in [5.41, 5.74) is 5.34. The van der Waals surface area contributed by atoms with Crippen molar-refractivity contribution in [1.82, 2.24) is 20.6 Å². The number of amides is 2. The molecular weight excluding hydrogens is 332 g/mol. The second-order valence-electron chi connectivity index (χ2n) is 5.52. The molecular formula is C19H16N4O3. The molecule has 1 aromatic heterocycles. The van der Waals surface area contributed by atoms with Gasteiger partial charge in [0.05, 0.1) is 5.69 Å². The highest BCUT2D eigenvalue weighted by molar-refractivity contribution is 5.98. The summed E-state index contributed by atoms with van der Waals surface area (Å²) >= 11 is 0. The SMILES string of the molecule is Cc1cc(=O)c(C(=O)NNC(=O)c2ccccc2)nn1-c1ccccc1. The molecule has 0 bridgehead atoms. The van der Waals surface area contributed by atoms with E-state index in [1.807, 2.05) is 30.3 Å². The lowest BCUT2D eigenvalue weighted by Crippen LogP contribution is -2.44. The zero-order valence-corrected chi connectivity index (χ0v) is 14.0. The van der Waals surface area contributed by atoms with E-state index in [2.05, 4.69) is 16.0 Å². The van der Waals surface area contributed by atoms with Crippen LogP contribution in [-0.4, -0.2) is 21.6 Å². The predicted molar refractivity (Wildman–Crippen MR) is 95.9 cm³/mol. The van der Waals surface area contributed by atoms with Crippen LogP contribution in [0.5, 0.6) is 0 Å². The number of benzene rings is 2. The van der Waals surface area contributed by atoms with E-state index in [4.69, 9.17) is 0 Å². The molecule has 2 amide bonds. The van der Waals surface area contributed by atoms with E-state index in [1.54, 1.807) is 37.3 Å². The molecule has 0 spiro atoms. The molecule has 3 aromatic rings. The fourth-order valence-corrected chi connectivity index (χ4v) is 2.37. The number of nitrogens with zero attached hydrogens (tertiary/aromatic N) is 2. The predicted octanol–water partition coefficient (Wildman–Crippen LogP) is 1.62. The lowest BCUT2D eigenvalue weighted by molar-refractivity contribution is 0.0842. The molecule has 0 fully saturated rings. The Balaban J connectivity index is 1.81. The number of aryl methyl sites for hydroxylation is 1. The van der Waals surface area contributed by atoms with Crippen LogP contribution in [0, 0.1) is 6.92 Å². The highest BCUT2D eigenvalue weighted by Crippen LogP contribution is 2.07. The van der Waals surface area contributed by atoms with Gasteiger partial charge in [-0.1, -0.05) is 36.4 Å². The van der Waals surface area contributed by atoms with Gasteiger partial charge < -0.3 is 0 Å². The second-order valence-corrected chi connectivity index (χ2v) is 5.52. The van der Waals surface area contributed by atoms with Crippen LogP contribution < -0.4 is 16.3 Å². The van der Waals surface area contributed by atoms with Crippen LogP contribution >= 0.6 is 0 Å². The number of nitrogens with one attached hydrogen (secondary N) is 2. The third-order valence-electron chi connectivity index (χ3n) is 3.65. The molecule has 7 heteroatoms. The molecule has 1 heterocycles. The molecule has 0 unspecified atom stereocenters. The highest BCUT2D eigenvalue weighted by Gasteiger charge is 2.16. The van der Waals surface area contributed by atoms with Gasteiger partial charge in [-0.2, -0.15) is 5.10 Å². The maximum absolute atomic E-state index is 12.3. The molecule has 26 heavy (non-hydrogen) atoms. The van der Waals surface area contributed by atoms with Crippen molar-refractivity contribution in [2.75, 3.05) is 0 Å². The Bertz CT molecular complexity index is 998. The maximum Gasteiger partial charge on any atom is 0.294 e. The quantitative estimate of drug-likeness (QED) is 0.704. The van der Waals surface area contributed by atoms with Gasteiger partial charge in [-0.05, 0) is 31.2 Å². The largest absolute Gasteiger partial charge is 0.294 e. The fourth-order valence-electron chi connectivity index (χ4n) is 2.37. The number of hydrogen-bond acceptors (Lipinski definition) is 4. The van der Waals surface area contributed by atoms with Crippen molar-refractivity contribution in [1.29, 1.82) is 0 Å². The van der Waals surface area contributed by atoms with Gasteiger partial charge in [-0.25, -0.2) is 4.68 Å². The van der Waals surface area contributed by atoms with E-state index in [0.717, 1.165) is 0 Å². The van der Waals surface area contributed by atoms with E-state index >= 15 is 0 Å². The molecule has 130 valence electrons. The minimum absolute atomic E-state index is 0.312. The van der Waals surface area contributed by atoms with Crippen LogP contribution in [0.1, 0.15) is 26.5 Å². The number of aromatic nitrogens is 2. The van der Waals surface area contributed by atoms with Crippen molar-refractivity contribution in [3.63, 3.8) is 0 Å². The molecule has 0 radical (unpaired) electrons. The van der Waals surface area contributed by atoms with Crippen molar-refractivity contribution in [3.05, 3.63) is 93.9 Å². The van der Waals surface area contributed by atoms with Crippen molar-refractivity contribution in [2.45, 2.75) is 6.92 Å². The minimum Gasteiger partial charge on any atom is -0.287 e. The zero-order chi connectivity index (χ0) is 18.5. The van der Waals surface area contributed by atoms with Gasteiger partial charge in [0.2, 0.25) is 5.43 Å². The first-order valence-electron chi connectivity index (χ1n) is 7.88. The number of hydrogen-bond donors (Lipinski definition) is 2. The van der Waals surface area contributed by atoms with Gasteiger partial charge in [0.1, 0.15) is 0 Å². The van der Waals surface area contributed by atoms with Gasteiger partial charge in [0, 0.05) is 17.3 Å². The highest BCUT2D eigenvalue weighted by atomic mass is 16.2. The van der Waals surface area contributed by atoms with Gasteiger partial charge in [-0.3, -0.25) is 25.2 Å². The monoisotopic (exact) mass is 348 g/mol. The van der Waals surface area contributed by atoms with Crippen molar-refractivity contribution >= 4 is 11.8 Å². The third-order valence-corrected chi connectivity index (χ3v) is 3.65. The zero-order valence-electron chi connectivity index (χ0n) is 14.0. The third kappa shape index (κ3) is 3.67. The number of carbonyl (C=O) groups excluding carboxylic acids is 2. The van der Waals surface area contributed by atoms with Crippen LogP contribution in [0.15, 0.2) is 71.5 Å².